The van der Waals surface area contributed by atoms with Crippen LogP contribution in [0, 0.1) is 11.9 Å². The fourth-order valence-electron chi connectivity index (χ4n) is 1.49. The number of hydrogen-bond donors (Lipinski definition) is 0. The van der Waals surface area contributed by atoms with Gasteiger partial charge in [-0.15, -0.1) is 0 Å². The molecule has 4 heteroatoms. The molecule has 0 bridgehead atoms. The highest BCUT2D eigenvalue weighted by molar-refractivity contribution is 7.90. The fourth-order valence-corrected chi connectivity index (χ4v) is 2.54. The molecule has 1 radical (unpaired) electrons. The Balaban J connectivity index is 2.41. The van der Waals surface area contributed by atoms with Gasteiger partial charge in [0, 0.05) is 6.07 Å². The molecule has 0 N–H and O–H groups in total. The van der Waals surface area contributed by atoms with Crippen LogP contribution in [-0.2, 0) is 11.2 Å². The number of benzene rings is 2. The minimum atomic E-state index is -1.16. The molecule has 0 aromatic heterocycles. The summed E-state index contributed by atoms with van der Waals surface area (Å²) in [5.41, 5.74) is 1.67. The van der Waals surface area contributed by atoms with Gasteiger partial charge in [0.1, 0.15) is 12.1 Å². The molecular weight excluding hydrogens is 259 g/mol. The Kier molecular flexibility index (Phi) is 3.72. The van der Waals surface area contributed by atoms with E-state index in [1.807, 2.05) is 0 Å². The lowest BCUT2D eigenvalue weighted by molar-refractivity contribution is 0.600. The van der Waals surface area contributed by atoms with Gasteiger partial charge in [-0.2, -0.15) is 0 Å². The Labute approximate surface area is 107 Å². The normalized spacial score (nSPS) is 12.5. The highest BCUT2D eigenvalue weighted by Crippen LogP contribution is 2.27. The number of hydrogen-bond acceptors (Lipinski definition) is 1. The third-order valence-corrected chi connectivity index (χ3v) is 3.65. The van der Waals surface area contributed by atoms with Crippen LogP contribution in [0.3, 0.4) is 0 Å². The maximum absolute atomic E-state index is 12.8. The van der Waals surface area contributed by atoms with Gasteiger partial charge < -0.3 is 4.55 Å². The van der Waals surface area contributed by atoms with Crippen molar-refractivity contribution in [2.45, 2.75) is 4.90 Å². The molecule has 0 aliphatic rings. The van der Waals surface area contributed by atoms with E-state index >= 15 is 0 Å². The molecule has 2 aromatic rings. The fraction of sp³-hybridized carbons (Fsp3) is 0.0769. The van der Waals surface area contributed by atoms with Crippen LogP contribution in [0.1, 0.15) is 0 Å². The third kappa shape index (κ3) is 2.80. The lowest BCUT2D eigenvalue weighted by atomic mass is 10.1. The molecule has 0 heterocycles. The van der Waals surface area contributed by atoms with Crippen molar-refractivity contribution in [1.82, 2.24) is 0 Å². The summed E-state index contributed by atoms with van der Waals surface area (Å²) in [5, 5.41) is 0.410. The van der Waals surface area contributed by atoms with Crippen molar-refractivity contribution in [3.8, 4) is 11.1 Å². The Hall–Kier alpha value is -1.03. The van der Waals surface area contributed by atoms with Gasteiger partial charge in [-0.3, -0.25) is 0 Å². The van der Waals surface area contributed by atoms with Crippen LogP contribution in [0.4, 0.5) is 4.39 Å². The van der Waals surface area contributed by atoms with Gasteiger partial charge in [0.05, 0.1) is 5.02 Å². The summed E-state index contributed by atoms with van der Waals surface area (Å²) in [6.07, 6.45) is 1.55. The van der Waals surface area contributed by atoms with Crippen molar-refractivity contribution in [3.63, 3.8) is 0 Å². The first-order chi connectivity index (χ1) is 8.08. The zero-order valence-electron chi connectivity index (χ0n) is 9.04. The largest absolute Gasteiger partial charge is 0.612 e. The Morgan fingerprint density at radius 2 is 1.88 bits per heavy atom. The maximum atomic E-state index is 12.8. The van der Waals surface area contributed by atoms with Crippen LogP contribution in [0.5, 0.6) is 0 Å². The molecule has 1 atom stereocenters. The van der Waals surface area contributed by atoms with E-state index in [-0.39, 0.29) is 5.82 Å². The minimum absolute atomic E-state index is 0.282. The highest BCUT2D eigenvalue weighted by Gasteiger charge is 2.11. The summed E-state index contributed by atoms with van der Waals surface area (Å²) in [6.45, 7) is 0. The van der Waals surface area contributed by atoms with E-state index in [0.717, 1.165) is 11.1 Å². The highest BCUT2D eigenvalue weighted by atomic mass is 35.5. The van der Waals surface area contributed by atoms with Crippen molar-refractivity contribution in [1.29, 1.82) is 0 Å². The van der Waals surface area contributed by atoms with Crippen LogP contribution in [0.25, 0.3) is 11.1 Å². The summed E-state index contributed by atoms with van der Waals surface area (Å²) < 4.78 is 24.1. The topological polar surface area (TPSA) is 23.1 Å². The summed E-state index contributed by atoms with van der Waals surface area (Å²) in [7, 11) is 0. The van der Waals surface area contributed by atoms with E-state index in [4.69, 9.17) is 11.6 Å². The molecule has 0 spiro atoms. The van der Waals surface area contributed by atoms with Crippen molar-refractivity contribution in [2.75, 3.05) is 6.26 Å². The molecule has 2 rings (SSSR count). The third-order valence-electron chi connectivity index (χ3n) is 2.32. The average Bonchev–Trinajstić information content (AvgIpc) is 2.29. The second kappa shape index (κ2) is 5.08. The molecule has 2 aromatic carbocycles. The molecule has 0 aliphatic heterocycles. The van der Waals surface area contributed by atoms with Crippen molar-refractivity contribution >= 4 is 22.8 Å². The van der Waals surface area contributed by atoms with Gasteiger partial charge in [0.15, 0.2) is 4.90 Å². The first kappa shape index (κ1) is 12.4. The quantitative estimate of drug-likeness (QED) is 0.761. The van der Waals surface area contributed by atoms with E-state index < -0.39 is 11.2 Å². The summed E-state index contributed by atoms with van der Waals surface area (Å²) >= 11 is 4.85. The first-order valence-electron chi connectivity index (χ1n) is 4.88. The zero-order valence-corrected chi connectivity index (χ0v) is 10.6. The Morgan fingerprint density at radius 1 is 1.24 bits per heavy atom. The van der Waals surface area contributed by atoms with Crippen molar-refractivity contribution in [2.24, 2.45) is 0 Å². The van der Waals surface area contributed by atoms with E-state index in [1.54, 1.807) is 30.5 Å². The predicted molar refractivity (Wildman–Crippen MR) is 68.0 cm³/mol. The maximum Gasteiger partial charge on any atom is 0.179 e. The van der Waals surface area contributed by atoms with Crippen LogP contribution in [0.2, 0.25) is 5.02 Å². The van der Waals surface area contributed by atoms with Crippen LogP contribution in [0.15, 0.2) is 41.3 Å². The molecule has 87 valence electrons. The molecule has 17 heavy (non-hydrogen) atoms. The van der Waals surface area contributed by atoms with E-state index in [1.165, 1.54) is 12.1 Å². The van der Waals surface area contributed by atoms with E-state index in [2.05, 4.69) is 6.07 Å². The van der Waals surface area contributed by atoms with Gasteiger partial charge in [-0.25, -0.2) is 4.39 Å². The Bertz CT molecular complexity index is 525. The first-order valence-corrected chi connectivity index (χ1v) is 6.82. The molecule has 0 saturated carbocycles. The molecular formula is C13H9ClFOS. The summed E-state index contributed by atoms with van der Waals surface area (Å²) in [4.78, 5) is 0.484. The SMILES string of the molecule is C[S+]([O-])c1[c]cc(-c2ccc(F)cc2)cc1Cl. The second-order valence-corrected chi connectivity index (χ2v) is 5.25. The monoisotopic (exact) mass is 267 g/mol. The summed E-state index contributed by atoms with van der Waals surface area (Å²) in [5.74, 6) is -0.282. The lowest BCUT2D eigenvalue weighted by Gasteiger charge is -2.07. The lowest BCUT2D eigenvalue weighted by Crippen LogP contribution is -1.98. The van der Waals surface area contributed by atoms with E-state index in [0.29, 0.717) is 9.92 Å². The Morgan fingerprint density at radius 3 is 2.41 bits per heavy atom. The van der Waals surface area contributed by atoms with Gasteiger partial charge >= 0.3 is 0 Å². The van der Waals surface area contributed by atoms with Crippen molar-refractivity contribution < 1.29 is 8.94 Å². The van der Waals surface area contributed by atoms with Gasteiger partial charge in [0.25, 0.3) is 0 Å². The van der Waals surface area contributed by atoms with Gasteiger partial charge in [0.2, 0.25) is 0 Å². The van der Waals surface area contributed by atoms with Gasteiger partial charge in [-0.05, 0) is 46.6 Å². The predicted octanol–water partition coefficient (Wildman–Crippen LogP) is 3.68. The molecule has 0 saturated heterocycles. The van der Waals surface area contributed by atoms with Crippen LogP contribution in [-0.4, -0.2) is 10.8 Å². The number of halogens is 2. The van der Waals surface area contributed by atoms with E-state index in [9.17, 15) is 8.94 Å². The van der Waals surface area contributed by atoms with Gasteiger partial charge in [-0.1, -0.05) is 23.7 Å². The van der Waals surface area contributed by atoms with Crippen LogP contribution >= 0.6 is 11.6 Å². The standard InChI is InChI=1S/C13H9ClFOS/c1-17(16)13-7-4-10(8-12(13)14)9-2-5-11(15)6-3-9/h2-6,8H,1H3. The molecule has 0 aliphatic carbocycles. The number of rotatable bonds is 2. The van der Waals surface area contributed by atoms with Crippen molar-refractivity contribution in [3.05, 3.63) is 53.3 Å². The molecule has 0 amide bonds. The smallest absolute Gasteiger partial charge is 0.179 e. The molecule has 0 fully saturated rings. The molecule has 1 nitrogen and oxygen atoms in total. The van der Waals surface area contributed by atoms with Crippen LogP contribution < -0.4 is 0 Å². The summed E-state index contributed by atoms with van der Waals surface area (Å²) in [6, 6.07) is 12.4. The zero-order chi connectivity index (χ0) is 12.4. The molecule has 1 unspecified atom stereocenters. The minimum Gasteiger partial charge on any atom is -0.612 e. The second-order valence-electron chi connectivity index (χ2n) is 3.53. The average molecular weight is 268 g/mol.